The van der Waals surface area contributed by atoms with Gasteiger partial charge in [-0.2, -0.15) is 0 Å². The van der Waals surface area contributed by atoms with Crippen LogP contribution in [0.25, 0.3) is 49.5 Å². The van der Waals surface area contributed by atoms with Crippen molar-refractivity contribution >= 4 is 61.4 Å². The third-order valence-electron chi connectivity index (χ3n) is 7.27. The second-order valence-electron chi connectivity index (χ2n) is 9.00. The van der Waals surface area contributed by atoms with Gasteiger partial charge in [0.15, 0.2) is 7.14 Å². The minimum atomic E-state index is -3.15. The molecule has 35 heavy (non-hydrogen) atoms. The topological polar surface area (TPSA) is 47.3 Å². The Balaban J connectivity index is 1.66. The van der Waals surface area contributed by atoms with Crippen LogP contribution in [0.1, 0.15) is 0 Å². The van der Waals surface area contributed by atoms with Crippen LogP contribution < -0.4 is 15.9 Å². The first-order chi connectivity index (χ1) is 17.3. The lowest BCUT2D eigenvalue weighted by molar-refractivity contribution is 0.593. The molecule has 7 aromatic rings. The lowest BCUT2D eigenvalue weighted by Gasteiger charge is -2.20. The van der Waals surface area contributed by atoms with E-state index >= 15 is 4.57 Å². The van der Waals surface area contributed by atoms with Gasteiger partial charge in [-0.25, -0.2) is 4.98 Å². The number of pyridine rings is 2. The predicted octanol–water partition coefficient (Wildman–Crippen LogP) is 5.81. The van der Waals surface area contributed by atoms with E-state index in [0.29, 0.717) is 0 Å². The fourth-order valence-corrected chi connectivity index (χ4v) is 9.07. The van der Waals surface area contributed by atoms with E-state index in [1.807, 2.05) is 85.2 Å². The smallest absolute Gasteiger partial charge is 0.174 e. The molecule has 5 heteroatoms. The molecule has 0 unspecified atom stereocenters. The second kappa shape index (κ2) is 6.65. The SMILES string of the molecule is O=P1(c2cccc3c4cnccc4c4nc5ccccc5n4c23)c2ccccc2-c2ccccc21. The van der Waals surface area contributed by atoms with Crippen molar-refractivity contribution in [2.24, 2.45) is 0 Å². The van der Waals surface area contributed by atoms with Crippen LogP contribution in [-0.2, 0) is 4.57 Å². The number of hydrogen-bond acceptors (Lipinski definition) is 3. The molecule has 164 valence electrons. The highest BCUT2D eigenvalue weighted by molar-refractivity contribution is 7.86. The van der Waals surface area contributed by atoms with E-state index in [1.165, 1.54) is 0 Å². The van der Waals surface area contributed by atoms with Crippen LogP contribution in [0.15, 0.2) is 109 Å². The number of para-hydroxylation sites is 3. The number of benzene rings is 4. The number of hydrogen-bond donors (Lipinski definition) is 0. The van der Waals surface area contributed by atoms with E-state index in [4.69, 9.17) is 4.98 Å². The number of rotatable bonds is 1. The first kappa shape index (κ1) is 19.1. The molecule has 0 atom stereocenters. The van der Waals surface area contributed by atoms with Gasteiger partial charge in [0.25, 0.3) is 0 Å². The monoisotopic (exact) mass is 467 g/mol. The van der Waals surface area contributed by atoms with Gasteiger partial charge in [-0.1, -0.05) is 72.8 Å². The molecule has 0 saturated heterocycles. The molecule has 4 nitrogen and oxygen atoms in total. The fourth-order valence-electron chi connectivity index (χ4n) is 5.82. The average Bonchev–Trinajstić information content (AvgIpc) is 3.44. The zero-order chi connectivity index (χ0) is 23.1. The summed E-state index contributed by atoms with van der Waals surface area (Å²) in [5.74, 6) is 0. The lowest BCUT2D eigenvalue weighted by atomic mass is 10.1. The van der Waals surface area contributed by atoms with Gasteiger partial charge in [0.2, 0.25) is 0 Å². The Labute approximate surface area is 200 Å². The van der Waals surface area contributed by atoms with Gasteiger partial charge in [0.1, 0.15) is 5.65 Å². The lowest BCUT2D eigenvalue weighted by Crippen LogP contribution is -2.22. The van der Waals surface area contributed by atoms with Gasteiger partial charge < -0.3 is 4.57 Å². The fraction of sp³-hybridized carbons (Fsp3) is 0. The van der Waals surface area contributed by atoms with Crippen LogP contribution in [-0.4, -0.2) is 14.4 Å². The molecule has 0 fully saturated rings. The summed E-state index contributed by atoms with van der Waals surface area (Å²) in [5, 5.41) is 5.71. The zero-order valence-corrected chi connectivity index (χ0v) is 19.5. The van der Waals surface area contributed by atoms with E-state index < -0.39 is 7.14 Å². The van der Waals surface area contributed by atoms with Gasteiger partial charge >= 0.3 is 0 Å². The highest BCUT2D eigenvalue weighted by Gasteiger charge is 2.41. The molecule has 0 spiro atoms. The van der Waals surface area contributed by atoms with Crippen molar-refractivity contribution in [3.63, 3.8) is 0 Å². The van der Waals surface area contributed by atoms with E-state index in [9.17, 15) is 0 Å². The summed E-state index contributed by atoms with van der Waals surface area (Å²) in [6.07, 6.45) is 3.70. The maximum absolute atomic E-state index is 15.5. The number of imidazole rings is 1. The van der Waals surface area contributed by atoms with Crippen molar-refractivity contribution in [3.8, 4) is 11.1 Å². The van der Waals surface area contributed by atoms with E-state index in [2.05, 4.69) is 33.7 Å². The minimum Gasteiger partial charge on any atom is -0.309 e. The van der Waals surface area contributed by atoms with Crippen molar-refractivity contribution in [1.82, 2.24) is 14.4 Å². The highest BCUT2D eigenvalue weighted by atomic mass is 31.2. The Morgan fingerprint density at radius 3 is 2.11 bits per heavy atom. The summed E-state index contributed by atoms with van der Waals surface area (Å²) in [7, 11) is -3.15. The molecule has 8 rings (SSSR count). The Kier molecular flexibility index (Phi) is 3.63. The standard InChI is InChI=1S/C30H18N3OP/c34-35(26-13-5-1-8-19(26)20-9-2-6-14-27(20)35)28-15-7-10-21-23-18-31-17-16-22(23)30-32-24-11-3-4-12-25(24)33(30)29(21)28/h1-18H. The first-order valence-corrected chi connectivity index (χ1v) is 13.3. The molecular weight excluding hydrogens is 449 g/mol. The van der Waals surface area contributed by atoms with Gasteiger partial charge in [0.05, 0.1) is 16.6 Å². The van der Waals surface area contributed by atoms with E-state index in [-0.39, 0.29) is 0 Å². The van der Waals surface area contributed by atoms with E-state index in [0.717, 1.165) is 65.4 Å². The van der Waals surface area contributed by atoms with Gasteiger partial charge in [-0.15, -0.1) is 0 Å². The van der Waals surface area contributed by atoms with Crippen molar-refractivity contribution in [3.05, 3.63) is 109 Å². The molecule has 4 aromatic carbocycles. The van der Waals surface area contributed by atoms with Crippen molar-refractivity contribution in [1.29, 1.82) is 0 Å². The maximum atomic E-state index is 15.5. The molecular formula is C30H18N3OP. The predicted molar refractivity (Wildman–Crippen MR) is 144 cm³/mol. The highest BCUT2D eigenvalue weighted by Crippen LogP contribution is 2.53. The molecule has 0 aliphatic carbocycles. The molecule has 0 bridgehead atoms. The quantitative estimate of drug-likeness (QED) is 0.226. The van der Waals surface area contributed by atoms with Gasteiger partial charge in [-0.05, 0) is 35.4 Å². The summed E-state index contributed by atoms with van der Waals surface area (Å²) in [6.45, 7) is 0. The molecule has 3 aromatic heterocycles. The summed E-state index contributed by atoms with van der Waals surface area (Å²) < 4.78 is 17.7. The van der Waals surface area contributed by atoms with Crippen LogP contribution in [0.3, 0.4) is 0 Å². The van der Waals surface area contributed by atoms with Crippen molar-refractivity contribution < 1.29 is 4.57 Å². The minimum absolute atomic E-state index is 0.839. The molecule has 0 N–H and O–H groups in total. The second-order valence-corrected chi connectivity index (χ2v) is 11.7. The summed E-state index contributed by atoms with van der Waals surface area (Å²) >= 11 is 0. The van der Waals surface area contributed by atoms with Crippen molar-refractivity contribution in [2.45, 2.75) is 0 Å². The Morgan fingerprint density at radius 2 is 1.31 bits per heavy atom. The number of aromatic nitrogens is 3. The number of nitrogens with zero attached hydrogens (tertiary/aromatic N) is 3. The Morgan fingerprint density at radius 1 is 0.629 bits per heavy atom. The van der Waals surface area contributed by atoms with Crippen LogP contribution in [0.2, 0.25) is 0 Å². The molecule has 4 heterocycles. The molecule has 1 aliphatic heterocycles. The summed E-state index contributed by atoms with van der Waals surface area (Å²) in [6, 6.07) is 32.6. The largest absolute Gasteiger partial charge is 0.309 e. The Bertz CT molecular complexity index is 2010. The third-order valence-corrected chi connectivity index (χ3v) is 10.4. The van der Waals surface area contributed by atoms with Crippen LogP contribution >= 0.6 is 7.14 Å². The first-order valence-electron chi connectivity index (χ1n) is 11.6. The summed E-state index contributed by atoms with van der Waals surface area (Å²) in [5.41, 5.74) is 5.82. The van der Waals surface area contributed by atoms with Crippen LogP contribution in [0.4, 0.5) is 0 Å². The molecule has 0 saturated carbocycles. The Hall–Kier alpha value is -4.27. The van der Waals surface area contributed by atoms with E-state index in [1.54, 1.807) is 0 Å². The zero-order valence-electron chi connectivity index (χ0n) is 18.6. The normalized spacial score (nSPS) is 14.1. The molecule has 0 radical (unpaired) electrons. The molecule has 0 amide bonds. The van der Waals surface area contributed by atoms with Crippen molar-refractivity contribution in [2.75, 3.05) is 0 Å². The average molecular weight is 467 g/mol. The number of fused-ring (bicyclic) bond motifs is 11. The van der Waals surface area contributed by atoms with Crippen LogP contribution in [0.5, 0.6) is 0 Å². The molecule has 1 aliphatic rings. The van der Waals surface area contributed by atoms with Gasteiger partial charge in [0, 0.05) is 44.5 Å². The summed E-state index contributed by atoms with van der Waals surface area (Å²) in [4.78, 5) is 9.45. The van der Waals surface area contributed by atoms with Crippen LogP contribution in [0, 0.1) is 0 Å². The maximum Gasteiger partial charge on any atom is 0.174 e. The van der Waals surface area contributed by atoms with Gasteiger partial charge in [-0.3, -0.25) is 9.38 Å². The third kappa shape index (κ3) is 2.30.